The molecule has 1 fully saturated rings. The monoisotopic (exact) mass is 321 g/mol. The first-order chi connectivity index (χ1) is 9.71. The first-order valence-electron chi connectivity index (χ1n) is 7.01. The van der Waals surface area contributed by atoms with Crippen molar-refractivity contribution in [1.82, 2.24) is 5.32 Å². The number of piperidine rings is 1. The number of nitrogens with one attached hydrogen (secondary N) is 1. The fourth-order valence-corrected chi connectivity index (χ4v) is 4.64. The molecule has 0 saturated carbocycles. The molecule has 3 heterocycles. The Kier molecular flexibility index (Phi) is 3.59. The molecule has 2 unspecified atom stereocenters. The second-order valence-electron chi connectivity index (χ2n) is 6.08. The summed E-state index contributed by atoms with van der Waals surface area (Å²) in [6, 6.07) is 1.49. The van der Waals surface area contributed by atoms with E-state index in [0.29, 0.717) is 34.6 Å². The molecule has 0 aliphatic carbocycles. The number of aliphatic hydroxyl groups excluding tert-OH is 1. The predicted molar refractivity (Wildman–Crippen MR) is 73.2 cm³/mol. The molecule has 2 N–H and O–H groups in total. The number of hydrogen-bond acceptors (Lipinski definition) is 4. The number of fused-ring (bicyclic) bond motifs is 2. The lowest BCUT2D eigenvalue weighted by Crippen LogP contribution is -2.52. The van der Waals surface area contributed by atoms with Gasteiger partial charge in [0.2, 0.25) is 0 Å². The molecule has 0 radical (unpaired) electrons. The summed E-state index contributed by atoms with van der Waals surface area (Å²) in [4.78, 5) is -0.245. The average Bonchev–Trinajstić information content (AvgIpc) is 2.79. The van der Waals surface area contributed by atoms with E-state index in [-0.39, 0.29) is 18.7 Å². The van der Waals surface area contributed by atoms with Gasteiger partial charge >= 0.3 is 6.18 Å². The van der Waals surface area contributed by atoms with Crippen molar-refractivity contribution in [3.63, 3.8) is 0 Å². The van der Waals surface area contributed by atoms with Gasteiger partial charge in [-0.05, 0) is 32.8 Å². The number of aliphatic hydroxyl groups is 1. The summed E-state index contributed by atoms with van der Waals surface area (Å²) in [5.41, 5.74) is -0.183. The third-order valence-electron chi connectivity index (χ3n) is 4.19. The van der Waals surface area contributed by atoms with E-state index in [0.717, 1.165) is 0 Å². The van der Waals surface area contributed by atoms with Crippen LogP contribution in [0.25, 0.3) is 0 Å². The maximum Gasteiger partial charge on any atom is 0.425 e. The molecule has 0 bridgehead atoms. The lowest BCUT2D eigenvalue weighted by Gasteiger charge is -2.46. The van der Waals surface area contributed by atoms with Crippen molar-refractivity contribution in [3.05, 3.63) is 21.4 Å². The summed E-state index contributed by atoms with van der Waals surface area (Å²) in [5.74, 6) is 0. The van der Waals surface area contributed by atoms with Crippen LogP contribution in [0.2, 0.25) is 0 Å². The van der Waals surface area contributed by atoms with Gasteiger partial charge in [0.05, 0.1) is 12.2 Å². The summed E-state index contributed by atoms with van der Waals surface area (Å²) in [5, 5.41) is 13.4. The van der Waals surface area contributed by atoms with E-state index in [2.05, 4.69) is 5.32 Å². The Labute approximate surface area is 125 Å². The minimum absolute atomic E-state index is 0.0598. The van der Waals surface area contributed by atoms with Crippen molar-refractivity contribution in [2.45, 2.75) is 56.7 Å². The van der Waals surface area contributed by atoms with Crippen LogP contribution in [-0.2, 0) is 16.5 Å². The highest BCUT2D eigenvalue weighted by Gasteiger charge is 2.48. The largest absolute Gasteiger partial charge is 0.425 e. The fourth-order valence-electron chi connectivity index (χ4n) is 3.55. The normalized spacial score (nSPS) is 36.8. The van der Waals surface area contributed by atoms with Crippen LogP contribution in [-0.4, -0.2) is 23.8 Å². The van der Waals surface area contributed by atoms with Gasteiger partial charge in [0, 0.05) is 22.5 Å². The number of ether oxygens (including phenoxy) is 1. The summed E-state index contributed by atoms with van der Waals surface area (Å²) in [7, 11) is 0. The summed E-state index contributed by atoms with van der Waals surface area (Å²) < 4.78 is 44.8. The SMILES string of the molecule is CC1CC2(CC(C)N1)OC[C@@H](O)c1sc(C(F)(F)F)cc12. The molecule has 21 heavy (non-hydrogen) atoms. The molecule has 1 aromatic rings. The van der Waals surface area contributed by atoms with Crippen LogP contribution >= 0.6 is 11.3 Å². The van der Waals surface area contributed by atoms with E-state index in [4.69, 9.17) is 4.74 Å². The van der Waals surface area contributed by atoms with Gasteiger partial charge in [-0.3, -0.25) is 0 Å². The number of hydrogen-bond donors (Lipinski definition) is 2. The number of halogens is 3. The zero-order chi connectivity index (χ0) is 15.4. The maximum atomic E-state index is 13.0. The fraction of sp³-hybridized carbons (Fsp3) is 0.714. The van der Waals surface area contributed by atoms with Gasteiger partial charge in [-0.25, -0.2) is 0 Å². The molecular formula is C14H18F3NO2S. The Morgan fingerprint density at radius 1 is 1.33 bits per heavy atom. The van der Waals surface area contributed by atoms with Gasteiger partial charge in [0.15, 0.2) is 0 Å². The van der Waals surface area contributed by atoms with Crippen molar-refractivity contribution in [2.24, 2.45) is 0 Å². The van der Waals surface area contributed by atoms with Gasteiger partial charge < -0.3 is 15.2 Å². The van der Waals surface area contributed by atoms with E-state index in [9.17, 15) is 18.3 Å². The van der Waals surface area contributed by atoms with E-state index in [1.807, 2.05) is 13.8 Å². The van der Waals surface area contributed by atoms with Gasteiger partial charge in [0.25, 0.3) is 0 Å². The van der Waals surface area contributed by atoms with E-state index in [1.54, 1.807) is 0 Å². The summed E-state index contributed by atoms with van der Waals surface area (Å²) in [6.45, 7) is 4.06. The van der Waals surface area contributed by atoms with Crippen molar-refractivity contribution >= 4 is 11.3 Å². The van der Waals surface area contributed by atoms with Gasteiger partial charge in [-0.2, -0.15) is 13.2 Å². The molecular weight excluding hydrogens is 303 g/mol. The van der Waals surface area contributed by atoms with Crippen molar-refractivity contribution in [3.8, 4) is 0 Å². The molecule has 1 aromatic heterocycles. The molecule has 2 aliphatic heterocycles. The van der Waals surface area contributed by atoms with Crippen LogP contribution in [0.5, 0.6) is 0 Å². The van der Waals surface area contributed by atoms with Crippen LogP contribution < -0.4 is 5.32 Å². The molecule has 3 atom stereocenters. The van der Waals surface area contributed by atoms with Gasteiger partial charge in [0.1, 0.15) is 11.0 Å². The van der Waals surface area contributed by atoms with E-state index >= 15 is 0 Å². The Balaban J connectivity index is 2.07. The third kappa shape index (κ3) is 2.60. The second kappa shape index (κ2) is 4.94. The van der Waals surface area contributed by atoms with Crippen LogP contribution in [0.1, 0.15) is 48.1 Å². The molecule has 7 heteroatoms. The van der Waals surface area contributed by atoms with Crippen molar-refractivity contribution in [2.75, 3.05) is 6.61 Å². The maximum absolute atomic E-state index is 13.0. The highest BCUT2D eigenvalue weighted by atomic mass is 32.1. The van der Waals surface area contributed by atoms with Crippen molar-refractivity contribution in [1.29, 1.82) is 0 Å². The molecule has 1 saturated heterocycles. The zero-order valence-electron chi connectivity index (χ0n) is 11.8. The summed E-state index contributed by atoms with van der Waals surface area (Å²) in [6.07, 6.45) is -4.12. The minimum atomic E-state index is -4.38. The van der Waals surface area contributed by atoms with E-state index in [1.165, 1.54) is 6.07 Å². The molecule has 1 spiro atoms. The first kappa shape index (κ1) is 15.3. The quantitative estimate of drug-likeness (QED) is 0.771. The Morgan fingerprint density at radius 2 is 1.95 bits per heavy atom. The van der Waals surface area contributed by atoms with Gasteiger partial charge in [-0.15, -0.1) is 11.3 Å². The molecule has 3 rings (SSSR count). The highest BCUT2D eigenvalue weighted by Crippen LogP contribution is 2.50. The Bertz CT molecular complexity index is 533. The van der Waals surface area contributed by atoms with Crippen LogP contribution in [0.3, 0.4) is 0 Å². The Hall–Kier alpha value is -0.630. The smallest absolute Gasteiger partial charge is 0.385 e. The average molecular weight is 321 g/mol. The van der Waals surface area contributed by atoms with E-state index < -0.39 is 22.8 Å². The number of rotatable bonds is 0. The molecule has 3 nitrogen and oxygen atoms in total. The number of thiophene rings is 1. The molecule has 118 valence electrons. The minimum Gasteiger partial charge on any atom is -0.385 e. The third-order valence-corrected chi connectivity index (χ3v) is 5.47. The lowest BCUT2D eigenvalue weighted by molar-refractivity contribution is -0.135. The highest BCUT2D eigenvalue weighted by molar-refractivity contribution is 7.12. The number of alkyl halides is 3. The van der Waals surface area contributed by atoms with Crippen LogP contribution in [0.15, 0.2) is 6.07 Å². The van der Waals surface area contributed by atoms with Crippen molar-refractivity contribution < 1.29 is 23.0 Å². The zero-order valence-corrected chi connectivity index (χ0v) is 12.6. The molecule has 0 amide bonds. The van der Waals surface area contributed by atoms with Crippen LogP contribution in [0, 0.1) is 0 Å². The summed E-state index contributed by atoms with van der Waals surface area (Å²) >= 11 is 0.645. The Morgan fingerprint density at radius 3 is 2.52 bits per heavy atom. The first-order valence-corrected chi connectivity index (χ1v) is 7.82. The predicted octanol–water partition coefficient (Wildman–Crippen LogP) is 3.19. The lowest BCUT2D eigenvalue weighted by atomic mass is 9.77. The topological polar surface area (TPSA) is 41.5 Å². The van der Waals surface area contributed by atoms with Gasteiger partial charge in [-0.1, -0.05) is 0 Å². The standard InChI is InChI=1S/C14H18F3NO2S/c1-7-4-13(5-8(2)18-7)9-3-11(14(15,16)17)21-12(9)10(19)6-20-13/h3,7-8,10,18-19H,4-6H2,1-2H3/t7?,8?,10-,13?/m1/s1. The molecule has 2 aliphatic rings. The second-order valence-corrected chi connectivity index (χ2v) is 7.17. The van der Waals surface area contributed by atoms with Crippen LogP contribution in [0.4, 0.5) is 13.2 Å². The molecule has 0 aromatic carbocycles.